The van der Waals surface area contributed by atoms with Gasteiger partial charge in [0.15, 0.2) is 0 Å². The summed E-state index contributed by atoms with van der Waals surface area (Å²) in [5, 5.41) is 2.65. The highest BCUT2D eigenvalue weighted by atomic mass is 32.2. The van der Waals surface area contributed by atoms with E-state index in [1.54, 1.807) is 24.3 Å². The lowest BCUT2D eigenvalue weighted by molar-refractivity contribution is -0.121. The van der Waals surface area contributed by atoms with Gasteiger partial charge in [-0.05, 0) is 37.1 Å². The third-order valence-electron chi connectivity index (χ3n) is 3.00. The lowest BCUT2D eigenvalue weighted by atomic mass is 10.2. The Labute approximate surface area is 126 Å². The molecule has 0 aliphatic carbocycles. The van der Waals surface area contributed by atoms with Crippen molar-refractivity contribution < 1.29 is 13.2 Å². The number of hydrogen-bond acceptors (Lipinski definition) is 4. The lowest BCUT2D eigenvalue weighted by Crippen LogP contribution is -2.38. The van der Waals surface area contributed by atoms with Crippen LogP contribution in [0.3, 0.4) is 0 Å². The van der Waals surface area contributed by atoms with Gasteiger partial charge in [0, 0.05) is 13.6 Å². The Balaban J connectivity index is 2.77. The van der Waals surface area contributed by atoms with Crippen LogP contribution in [0, 0.1) is 0 Å². The van der Waals surface area contributed by atoms with Crippen LogP contribution < -0.4 is 11.1 Å². The molecule has 1 aromatic rings. The minimum atomic E-state index is -3.65. The van der Waals surface area contributed by atoms with Gasteiger partial charge in [0.1, 0.15) is 0 Å². The zero-order valence-corrected chi connectivity index (χ0v) is 13.3. The maximum absolute atomic E-state index is 12.3. The van der Waals surface area contributed by atoms with Crippen molar-refractivity contribution in [3.8, 4) is 0 Å². The number of sulfonamides is 1. The zero-order valence-electron chi connectivity index (χ0n) is 12.5. The molecule has 118 valence electrons. The van der Waals surface area contributed by atoms with Gasteiger partial charge >= 0.3 is 0 Å². The summed E-state index contributed by atoms with van der Waals surface area (Å²) in [5.41, 5.74) is 6.44. The minimum absolute atomic E-state index is 0.175. The molecule has 0 aliphatic heterocycles. The standard InChI is InChI=1S/C14H23N3O3S/c1-3-10-16-14(18)11-17(2)21(19,20)13-6-4-12(5-7-13)8-9-15/h4-7H,3,8-11,15H2,1-2H3,(H,16,18). The molecule has 0 bridgehead atoms. The van der Waals surface area contributed by atoms with E-state index < -0.39 is 10.0 Å². The fourth-order valence-corrected chi connectivity index (χ4v) is 2.91. The molecule has 1 amide bonds. The summed E-state index contributed by atoms with van der Waals surface area (Å²) >= 11 is 0. The fraction of sp³-hybridized carbons (Fsp3) is 0.500. The number of rotatable bonds is 8. The predicted octanol–water partition coefficient (Wildman–Crippen LogP) is 0.335. The largest absolute Gasteiger partial charge is 0.355 e. The van der Waals surface area contributed by atoms with E-state index in [4.69, 9.17) is 5.73 Å². The highest BCUT2D eigenvalue weighted by Crippen LogP contribution is 2.15. The van der Waals surface area contributed by atoms with Crippen LogP contribution in [0.5, 0.6) is 0 Å². The van der Waals surface area contributed by atoms with Gasteiger partial charge in [-0.1, -0.05) is 19.1 Å². The third-order valence-corrected chi connectivity index (χ3v) is 4.82. The van der Waals surface area contributed by atoms with Gasteiger partial charge in [-0.15, -0.1) is 0 Å². The van der Waals surface area contributed by atoms with Crippen LogP contribution in [-0.2, 0) is 21.2 Å². The first-order valence-corrected chi connectivity index (χ1v) is 8.38. The fourth-order valence-electron chi connectivity index (χ4n) is 1.78. The second-order valence-electron chi connectivity index (χ2n) is 4.79. The van der Waals surface area contributed by atoms with Crippen LogP contribution in [0.25, 0.3) is 0 Å². The Morgan fingerprint density at radius 1 is 1.29 bits per heavy atom. The van der Waals surface area contributed by atoms with E-state index in [1.807, 2.05) is 6.92 Å². The summed E-state index contributed by atoms with van der Waals surface area (Å²) in [4.78, 5) is 11.8. The van der Waals surface area contributed by atoms with Crippen LogP contribution in [0.15, 0.2) is 29.2 Å². The number of carbonyl (C=O) groups is 1. The van der Waals surface area contributed by atoms with Gasteiger partial charge in [-0.2, -0.15) is 4.31 Å². The van der Waals surface area contributed by atoms with E-state index in [0.717, 1.165) is 16.3 Å². The highest BCUT2D eigenvalue weighted by molar-refractivity contribution is 7.89. The van der Waals surface area contributed by atoms with Gasteiger partial charge < -0.3 is 11.1 Å². The van der Waals surface area contributed by atoms with Crippen LogP contribution >= 0.6 is 0 Å². The quantitative estimate of drug-likeness (QED) is 0.723. The molecule has 0 heterocycles. The van der Waals surface area contributed by atoms with Gasteiger partial charge in [0.2, 0.25) is 15.9 Å². The first kappa shape index (κ1) is 17.6. The van der Waals surface area contributed by atoms with Gasteiger partial charge in [-0.25, -0.2) is 8.42 Å². The van der Waals surface area contributed by atoms with Gasteiger partial charge in [0.25, 0.3) is 0 Å². The topological polar surface area (TPSA) is 92.5 Å². The van der Waals surface area contributed by atoms with Crippen LogP contribution in [0.2, 0.25) is 0 Å². The van der Waals surface area contributed by atoms with Crippen LogP contribution in [0.1, 0.15) is 18.9 Å². The molecule has 0 unspecified atom stereocenters. The molecule has 3 N–H and O–H groups in total. The molecule has 21 heavy (non-hydrogen) atoms. The number of carbonyl (C=O) groups excluding carboxylic acids is 1. The molecule has 0 fully saturated rings. The van der Waals surface area contributed by atoms with E-state index in [1.165, 1.54) is 7.05 Å². The number of amides is 1. The molecule has 6 nitrogen and oxygen atoms in total. The smallest absolute Gasteiger partial charge is 0.243 e. The molecule has 0 saturated heterocycles. The summed E-state index contributed by atoms with van der Waals surface area (Å²) in [7, 11) is -2.25. The number of nitrogens with two attached hydrogens (primary N) is 1. The van der Waals surface area contributed by atoms with Crippen molar-refractivity contribution in [1.29, 1.82) is 0 Å². The average molecular weight is 313 g/mol. The molecule has 0 aromatic heterocycles. The highest BCUT2D eigenvalue weighted by Gasteiger charge is 2.22. The predicted molar refractivity (Wildman–Crippen MR) is 82.3 cm³/mol. The molecule has 0 aliphatic rings. The molecule has 1 rings (SSSR count). The maximum atomic E-state index is 12.3. The summed E-state index contributed by atoms with van der Waals surface area (Å²) in [6.07, 6.45) is 1.51. The van der Waals surface area contributed by atoms with Crippen LogP contribution in [-0.4, -0.2) is 45.3 Å². The molecule has 0 atom stereocenters. The summed E-state index contributed by atoms with van der Waals surface area (Å²) in [6.45, 7) is 2.81. The van der Waals surface area contributed by atoms with Gasteiger partial charge in [-0.3, -0.25) is 4.79 Å². The monoisotopic (exact) mass is 313 g/mol. The molecule has 7 heteroatoms. The number of nitrogens with zero attached hydrogens (tertiary/aromatic N) is 1. The van der Waals surface area contributed by atoms with Crippen molar-refractivity contribution in [3.63, 3.8) is 0 Å². The van der Waals surface area contributed by atoms with Crippen molar-refractivity contribution in [2.45, 2.75) is 24.7 Å². The van der Waals surface area contributed by atoms with Crippen molar-refractivity contribution in [1.82, 2.24) is 9.62 Å². The Bertz CT molecular complexity index is 555. The molecular weight excluding hydrogens is 290 g/mol. The molecule has 0 spiro atoms. The summed E-state index contributed by atoms with van der Waals surface area (Å²) < 4.78 is 25.7. The van der Waals surface area contributed by atoms with Gasteiger partial charge in [0.05, 0.1) is 11.4 Å². The first-order valence-electron chi connectivity index (χ1n) is 6.93. The van der Waals surface area contributed by atoms with Crippen LogP contribution in [0.4, 0.5) is 0 Å². The molecule has 0 radical (unpaired) electrons. The van der Waals surface area contributed by atoms with E-state index in [0.29, 0.717) is 19.5 Å². The maximum Gasteiger partial charge on any atom is 0.243 e. The minimum Gasteiger partial charge on any atom is -0.355 e. The average Bonchev–Trinajstić information content (AvgIpc) is 2.46. The number of likely N-dealkylation sites (N-methyl/N-ethyl adjacent to an activating group) is 1. The Morgan fingerprint density at radius 2 is 1.90 bits per heavy atom. The zero-order chi connectivity index (χ0) is 15.9. The van der Waals surface area contributed by atoms with Crippen molar-refractivity contribution in [2.24, 2.45) is 5.73 Å². The van der Waals surface area contributed by atoms with Crippen molar-refractivity contribution in [3.05, 3.63) is 29.8 Å². The lowest BCUT2D eigenvalue weighted by Gasteiger charge is -2.17. The summed E-state index contributed by atoms with van der Waals surface area (Å²) in [5.74, 6) is -0.303. The number of benzene rings is 1. The van der Waals surface area contributed by atoms with E-state index in [-0.39, 0.29) is 17.3 Å². The molecule has 1 aromatic carbocycles. The second-order valence-corrected chi connectivity index (χ2v) is 6.84. The molecule has 0 saturated carbocycles. The Morgan fingerprint density at radius 3 is 2.43 bits per heavy atom. The normalized spacial score (nSPS) is 11.6. The Kier molecular flexibility index (Phi) is 6.80. The molecular formula is C14H23N3O3S. The number of hydrogen-bond donors (Lipinski definition) is 2. The van der Waals surface area contributed by atoms with E-state index in [9.17, 15) is 13.2 Å². The van der Waals surface area contributed by atoms with Crippen molar-refractivity contribution in [2.75, 3.05) is 26.7 Å². The first-order chi connectivity index (χ1) is 9.91. The Hall–Kier alpha value is -1.44. The number of nitrogens with one attached hydrogen (secondary N) is 1. The summed E-state index contributed by atoms with van der Waals surface area (Å²) in [6, 6.07) is 6.57. The second kappa shape index (κ2) is 8.11. The SMILES string of the molecule is CCCNC(=O)CN(C)S(=O)(=O)c1ccc(CCN)cc1. The third kappa shape index (κ3) is 5.11. The van der Waals surface area contributed by atoms with E-state index >= 15 is 0 Å². The van der Waals surface area contributed by atoms with Crippen molar-refractivity contribution >= 4 is 15.9 Å². The van der Waals surface area contributed by atoms with E-state index in [2.05, 4.69) is 5.32 Å².